The van der Waals surface area contributed by atoms with Crippen LogP contribution in [0.4, 0.5) is 0 Å². The molecular formula is C13H13NO5. The van der Waals surface area contributed by atoms with Gasteiger partial charge in [0.05, 0.1) is 12.2 Å². The zero-order valence-corrected chi connectivity index (χ0v) is 10.4. The van der Waals surface area contributed by atoms with Crippen LogP contribution >= 0.6 is 0 Å². The van der Waals surface area contributed by atoms with Crippen molar-refractivity contribution >= 4 is 11.6 Å². The molecule has 2 rings (SSSR count). The molecule has 0 unspecified atom stereocenters. The summed E-state index contributed by atoms with van der Waals surface area (Å²) in [5.74, 6) is -1.28. The zero-order valence-electron chi connectivity index (χ0n) is 10.4. The predicted molar refractivity (Wildman–Crippen MR) is 66.3 cm³/mol. The topological polar surface area (TPSA) is 86.5 Å². The molecule has 1 aromatic rings. The first-order valence-electron chi connectivity index (χ1n) is 6.05. The number of carbonyl (C=O) groups is 2. The Morgan fingerprint density at radius 1 is 1.32 bits per heavy atom. The highest BCUT2D eigenvalue weighted by molar-refractivity contribution is 6.29. The van der Waals surface area contributed by atoms with E-state index in [1.165, 1.54) is 6.07 Å². The minimum Gasteiger partial charge on any atom is -0.493 e. The van der Waals surface area contributed by atoms with Gasteiger partial charge in [-0.3, -0.25) is 19.7 Å². The number of nitrogens with zero attached hydrogens (tertiary/aromatic N) is 1. The van der Waals surface area contributed by atoms with E-state index in [2.05, 4.69) is 0 Å². The first-order chi connectivity index (χ1) is 9.07. The van der Waals surface area contributed by atoms with Crippen molar-refractivity contribution in [2.45, 2.75) is 25.8 Å². The first kappa shape index (κ1) is 13.2. The van der Waals surface area contributed by atoms with Crippen LogP contribution in [0.3, 0.4) is 0 Å². The van der Waals surface area contributed by atoms with Crippen LogP contribution in [0.2, 0.25) is 0 Å². The number of hydrogen-bond donors (Lipinski definition) is 0. The Bertz CT molecular complexity index is 552. The Balaban J connectivity index is 2.36. The van der Waals surface area contributed by atoms with Gasteiger partial charge in [-0.1, -0.05) is 25.5 Å². The number of carbonyl (C=O) groups excluding carboxylic acids is 2. The summed E-state index contributed by atoms with van der Waals surface area (Å²) in [6, 6.07) is 2.73. The highest BCUT2D eigenvalue weighted by Crippen LogP contribution is 2.31. The summed E-state index contributed by atoms with van der Waals surface area (Å²) in [7, 11) is 0. The fourth-order valence-electron chi connectivity index (χ4n) is 2.03. The van der Waals surface area contributed by atoms with E-state index in [1.54, 1.807) is 12.1 Å². The average Bonchev–Trinajstić information content (AvgIpc) is 2.63. The lowest BCUT2D eigenvalue weighted by atomic mass is 10.1. The van der Waals surface area contributed by atoms with E-state index < -0.39 is 22.5 Å². The van der Waals surface area contributed by atoms with Gasteiger partial charge in [-0.2, -0.15) is 0 Å². The Labute approximate surface area is 109 Å². The van der Waals surface area contributed by atoms with Crippen molar-refractivity contribution in [2.24, 2.45) is 0 Å². The second kappa shape index (κ2) is 5.17. The molecule has 0 saturated heterocycles. The summed E-state index contributed by atoms with van der Waals surface area (Å²) in [6.07, 6.45) is 1.74. The lowest BCUT2D eigenvalue weighted by molar-refractivity contribution is -0.488. The molecule has 0 amide bonds. The van der Waals surface area contributed by atoms with Crippen LogP contribution in [0, 0.1) is 10.1 Å². The monoisotopic (exact) mass is 263 g/mol. The molecule has 1 aromatic carbocycles. The summed E-state index contributed by atoms with van der Waals surface area (Å²) < 4.78 is 5.44. The fraction of sp³-hybridized carbons (Fsp3) is 0.385. The zero-order chi connectivity index (χ0) is 14.0. The van der Waals surface area contributed by atoms with Gasteiger partial charge >= 0.3 is 6.04 Å². The largest absolute Gasteiger partial charge is 0.493 e. The number of Topliss-reactive ketones (excluding diaryl/α,β-unsaturated/α-hetero) is 2. The molecule has 6 heteroatoms. The van der Waals surface area contributed by atoms with E-state index in [0.717, 1.165) is 12.8 Å². The van der Waals surface area contributed by atoms with Gasteiger partial charge in [0.25, 0.3) is 0 Å². The number of ether oxygens (including phenoxy) is 1. The van der Waals surface area contributed by atoms with E-state index in [9.17, 15) is 19.7 Å². The maximum atomic E-state index is 12.0. The fourth-order valence-corrected chi connectivity index (χ4v) is 2.03. The van der Waals surface area contributed by atoms with Gasteiger partial charge in [-0.25, -0.2) is 0 Å². The molecule has 0 bridgehead atoms. The average molecular weight is 263 g/mol. The first-order valence-corrected chi connectivity index (χ1v) is 6.05. The van der Waals surface area contributed by atoms with Gasteiger partial charge < -0.3 is 4.74 Å². The molecule has 0 heterocycles. The van der Waals surface area contributed by atoms with Crippen LogP contribution in [-0.2, 0) is 0 Å². The van der Waals surface area contributed by atoms with Crippen LogP contribution < -0.4 is 4.74 Å². The van der Waals surface area contributed by atoms with Crippen LogP contribution in [0.15, 0.2) is 18.2 Å². The molecule has 0 saturated carbocycles. The van der Waals surface area contributed by atoms with Gasteiger partial charge in [-0.05, 0) is 12.5 Å². The van der Waals surface area contributed by atoms with Crippen molar-refractivity contribution in [1.82, 2.24) is 0 Å². The van der Waals surface area contributed by atoms with E-state index in [4.69, 9.17) is 4.74 Å². The molecule has 0 aliphatic heterocycles. The van der Waals surface area contributed by atoms with Crippen LogP contribution in [0.5, 0.6) is 5.75 Å². The highest BCUT2D eigenvalue weighted by atomic mass is 16.6. The summed E-state index contributed by atoms with van der Waals surface area (Å²) in [4.78, 5) is 33.7. The number of nitro groups is 1. The molecule has 100 valence electrons. The van der Waals surface area contributed by atoms with Gasteiger partial charge in [0.1, 0.15) is 5.75 Å². The van der Waals surface area contributed by atoms with Crippen molar-refractivity contribution in [3.05, 3.63) is 39.4 Å². The molecule has 0 radical (unpaired) electrons. The molecule has 19 heavy (non-hydrogen) atoms. The number of unbranched alkanes of at least 4 members (excludes halogenated alkanes) is 1. The number of rotatable bonds is 5. The highest BCUT2D eigenvalue weighted by Gasteiger charge is 2.49. The molecule has 1 atom stereocenters. The summed E-state index contributed by atoms with van der Waals surface area (Å²) in [6.45, 7) is 2.41. The SMILES string of the molecule is CCCCOc1cccc2c1C(=O)[C@H]([N+](=O)[O-])C2=O. The van der Waals surface area contributed by atoms with Crippen molar-refractivity contribution in [3.63, 3.8) is 0 Å². The van der Waals surface area contributed by atoms with E-state index in [0.29, 0.717) is 6.61 Å². The summed E-state index contributed by atoms with van der Waals surface area (Å²) >= 11 is 0. The molecule has 1 aliphatic carbocycles. The molecule has 0 N–H and O–H groups in total. The Morgan fingerprint density at radius 3 is 2.68 bits per heavy atom. The minimum atomic E-state index is -1.81. The Hall–Kier alpha value is -2.24. The van der Waals surface area contributed by atoms with Crippen molar-refractivity contribution in [3.8, 4) is 5.75 Å². The van der Waals surface area contributed by atoms with E-state index in [-0.39, 0.29) is 16.9 Å². The number of benzene rings is 1. The molecule has 1 aliphatic rings. The van der Waals surface area contributed by atoms with Crippen LogP contribution in [-0.4, -0.2) is 29.1 Å². The second-order valence-corrected chi connectivity index (χ2v) is 4.30. The number of hydrogen-bond acceptors (Lipinski definition) is 5. The van der Waals surface area contributed by atoms with Gasteiger partial charge in [0.2, 0.25) is 11.6 Å². The molecule has 0 spiro atoms. The third-order valence-electron chi connectivity index (χ3n) is 3.00. The smallest absolute Gasteiger partial charge is 0.336 e. The standard InChI is InChI=1S/C13H13NO5/c1-2-3-7-19-9-6-4-5-8-10(9)13(16)11(12(8)15)14(17)18/h4-6,11H,2-3,7H2,1H3/t11-/m1/s1. The lowest BCUT2D eigenvalue weighted by Crippen LogP contribution is -2.31. The number of ketones is 2. The van der Waals surface area contributed by atoms with Crippen molar-refractivity contribution in [1.29, 1.82) is 0 Å². The van der Waals surface area contributed by atoms with Crippen molar-refractivity contribution < 1.29 is 19.2 Å². The predicted octanol–water partition coefficient (Wildman–Crippen LogP) is 1.89. The van der Waals surface area contributed by atoms with Crippen LogP contribution in [0.1, 0.15) is 40.5 Å². The van der Waals surface area contributed by atoms with Crippen molar-refractivity contribution in [2.75, 3.05) is 6.61 Å². The van der Waals surface area contributed by atoms with Gasteiger partial charge in [0.15, 0.2) is 0 Å². The number of fused-ring (bicyclic) bond motifs is 1. The molecule has 0 aromatic heterocycles. The molecule has 0 fully saturated rings. The van der Waals surface area contributed by atoms with Crippen LogP contribution in [0.25, 0.3) is 0 Å². The maximum absolute atomic E-state index is 12.0. The molecular weight excluding hydrogens is 250 g/mol. The maximum Gasteiger partial charge on any atom is 0.336 e. The third-order valence-corrected chi connectivity index (χ3v) is 3.00. The normalized spacial score (nSPS) is 17.4. The lowest BCUT2D eigenvalue weighted by Gasteiger charge is -2.08. The van der Waals surface area contributed by atoms with E-state index in [1.807, 2.05) is 6.92 Å². The second-order valence-electron chi connectivity index (χ2n) is 4.30. The van der Waals surface area contributed by atoms with Gasteiger partial charge in [0, 0.05) is 10.5 Å². The molecule has 6 nitrogen and oxygen atoms in total. The Morgan fingerprint density at radius 2 is 2.05 bits per heavy atom. The minimum absolute atomic E-state index is 0.0466. The Kier molecular flexibility index (Phi) is 3.59. The summed E-state index contributed by atoms with van der Waals surface area (Å²) in [5.41, 5.74) is 0.131. The quantitative estimate of drug-likeness (QED) is 0.350. The summed E-state index contributed by atoms with van der Waals surface area (Å²) in [5, 5.41) is 10.8. The van der Waals surface area contributed by atoms with Gasteiger partial charge in [-0.15, -0.1) is 0 Å². The third kappa shape index (κ3) is 2.21. The van der Waals surface area contributed by atoms with E-state index >= 15 is 0 Å².